The topological polar surface area (TPSA) is 83.6 Å². The standard InChI is InChI=1S/C19H14Cl2N2O4S/c20-12-6-7-13(21)14(8-12)22-17(25)9-16-18(26)23(19(27)28-16)10-15(24)11-4-2-1-3-5-11/h1-8,16H,9-10H2,(H,22,25). The number of rotatable bonds is 6. The summed E-state index contributed by atoms with van der Waals surface area (Å²) in [5, 5.41) is 1.83. The molecule has 1 saturated heterocycles. The number of imide groups is 1. The average Bonchev–Trinajstić information content (AvgIpc) is 2.92. The fourth-order valence-corrected chi connectivity index (χ4v) is 3.92. The Morgan fingerprint density at radius 1 is 1.07 bits per heavy atom. The first-order valence-corrected chi connectivity index (χ1v) is 9.84. The quantitative estimate of drug-likeness (QED) is 0.683. The lowest BCUT2D eigenvalue weighted by molar-refractivity contribution is -0.128. The summed E-state index contributed by atoms with van der Waals surface area (Å²) >= 11 is 12.6. The Hall–Kier alpha value is -2.35. The van der Waals surface area contributed by atoms with Crippen molar-refractivity contribution in [3.05, 3.63) is 64.1 Å². The van der Waals surface area contributed by atoms with Crippen LogP contribution in [0, 0.1) is 0 Å². The van der Waals surface area contributed by atoms with Gasteiger partial charge in [0.25, 0.3) is 5.24 Å². The number of hydrogen-bond donors (Lipinski definition) is 1. The molecule has 144 valence electrons. The van der Waals surface area contributed by atoms with Gasteiger partial charge < -0.3 is 5.32 Å². The van der Waals surface area contributed by atoms with Gasteiger partial charge in [0.15, 0.2) is 5.78 Å². The van der Waals surface area contributed by atoms with Gasteiger partial charge >= 0.3 is 0 Å². The zero-order valence-corrected chi connectivity index (χ0v) is 16.7. The van der Waals surface area contributed by atoms with Crippen LogP contribution in [0.25, 0.3) is 0 Å². The zero-order valence-electron chi connectivity index (χ0n) is 14.4. The van der Waals surface area contributed by atoms with Gasteiger partial charge in [-0.1, -0.05) is 65.3 Å². The van der Waals surface area contributed by atoms with Gasteiger partial charge in [-0.25, -0.2) is 0 Å². The summed E-state index contributed by atoms with van der Waals surface area (Å²) in [6, 6.07) is 13.0. The summed E-state index contributed by atoms with van der Waals surface area (Å²) in [7, 11) is 0. The van der Waals surface area contributed by atoms with Crippen LogP contribution < -0.4 is 5.32 Å². The largest absolute Gasteiger partial charge is 0.325 e. The molecule has 0 radical (unpaired) electrons. The maximum absolute atomic E-state index is 12.5. The van der Waals surface area contributed by atoms with Gasteiger partial charge in [-0.3, -0.25) is 24.1 Å². The van der Waals surface area contributed by atoms with Crippen LogP contribution in [0.4, 0.5) is 10.5 Å². The number of Topliss-reactive ketones (excluding diaryl/α,β-unsaturated/α-hetero) is 1. The van der Waals surface area contributed by atoms with E-state index in [0.29, 0.717) is 21.3 Å². The maximum Gasteiger partial charge on any atom is 0.289 e. The molecule has 1 heterocycles. The molecule has 3 amide bonds. The average molecular weight is 437 g/mol. The summed E-state index contributed by atoms with van der Waals surface area (Å²) in [6.45, 7) is -0.354. The number of hydrogen-bond acceptors (Lipinski definition) is 5. The lowest BCUT2D eigenvalue weighted by Crippen LogP contribution is -2.36. The first-order chi connectivity index (χ1) is 13.3. The van der Waals surface area contributed by atoms with E-state index in [0.717, 1.165) is 16.7 Å². The van der Waals surface area contributed by atoms with Crippen molar-refractivity contribution >= 4 is 63.5 Å². The molecular formula is C19H14Cl2N2O4S. The molecule has 6 nitrogen and oxygen atoms in total. The molecule has 0 spiro atoms. The first kappa shape index (κ1) is 20.4. The molecule has 1 atom stereocenters. The normalized spacial score (nSPS) is 16.4. The van der Waals surface area contributed by atoms with Crippen LogP contribution in [0.3, 0.4) is 0 Å². The highest BCUT2D eigenvalue weighted by Gasteiger charge is 2.41. The second kappa shape index (κ2) is 8.77. The number of benzene rings is 2. The monoisotopic (exact) mass is 436 g/mol. The molecular weight excluding hydrogens is 423 g/mol. The van der Waals surface area contributed by atoms with E-state index in [4.69, 9.17) is 23.2 Å². The molecule has 1 fully saturated rings. The fourth-order valence-electron chi connectivity index (χ4n) is 2.59. The van der Waals surface area contributed by atoms with E-state index in [-0.39, 0.29) is 18.7 Å². The molecule has 1 aliphatic heterocycles. The molecule has 0 aliphatic carbocycles. The number of anilines is 1. The predicted molar refractivity (Wildman–Crippen MR) is 109 cm³/mol. The van der Waals surface area contributed by atoms with E-state index in [2.05, 4.69) is 5.32 Å². The number of nitrogens with zero attached hydrogens (tertiary/aromatic N) is 1. The molecule has 9 heteroatoms. The Bertz CT molecular complexity index is 952. The smallest absolute Gasteiger partial charge is 0.289 e. The van der Waals surface area contributed by atoms with E-state index < -0.39 is 22.3 Å². The van der Waals surface area contributed by atoms with Gasteiger partial charge in [-0.15, -0.1) is 0 Å². The molecule has 1 N–H and O–H groups in total. The molecule has 1 unspecified atom stereocenters. The predicted octanol–water partition coefficient (Wildman–Crippen LogP) is 4.27. The molecule has 2 aromatic carbocycles. The minimum absolute atomic E-state index is 0.228. The Balaban J connectivity index is 1.62. The van der Waals surface area contributed by atoms with Crippen LogP contribution in [0.2, 0.25) is 10.0 Å². The SMILES string of the molecule is O=C(CC1SC(=O)N(CC(=O)c2ccccc2)C1=O)Nc1cc(Cl)ccc1Cl. The number of ketones is 1. The van der Waals surface area contributed by atoms with Crippen molar-refractivity contribution in [2.24, 2.45) is 0 Å². The van der Waals surface area contributed by atoms with Crippen LogP contribution >= 0.6 is 35.0 Å². The molecule has 2 aromatic rings. The fraction of sp³-hybridized carbons (Fsp3) is 0.158. The third-order valence-electron chi connectivity index (χ3n) is 3.98. The maximum atomic E-state index is 12.5. The summed E-state index contributed by atoms with van der Waals surface area (Å²) in [5.74, 6) is -1.40. The minimum atomic E-state index is -0.894. The van der Waals surface area contributed by atoms with Crippen molar-refractivity contribution in [3.8, 4) is 0 Å². The van der Waals surface area contributed by atoms with E-state index in [1.165, 1.54) is 12.1 Å². The van der Waals surface area contributed by atoms with Crippen molar-refractivity contribution in [3.63, 3.8) is 0 Å². The van der Waals surface area contributed by atoms with Gasteiger partial charge in [0.2, 0.25) is 11.8 Å². The lowest BCUT2D eigenvalue weighted by atomic mass is 10.1. The highest BCUT2D eigenvalue weighted by molar-refractivity contribution is 8.15. The highest BCUT2D eigenvalue weighted by atomic mass is 35.5. The number of thioether (sulfide) groups is 1. The van der Waals surface area contributed by atoms with Gasteiger partial charge in [0.05, 0.1) is 17.3 Å². The molecule has 1 aliphatic rings. The summed E-state index contributed by atoms with van der Waals surface area (Å²) in [5.41, 5.74) is 0.724. The second-order valence-corrected chi connectivity index (χ2v) is 7.96. The van der Waals surface area contributed by atoms with Crippen LogP contribution in [0.1, 0.15) is 16.8 Å². The van der Waals surface area contributed by atoms with Crippen molar-refractivity contribution < 1.29 is 19.2 Å². The van der Waals surface area contributed by atoms with Crippen LogP contribution in [-0.4, -0.2) is 39.5 Å². The summed E-state index contributed by atoms with van der Waals surface area (Å²) in [6.07, 6.45) is -0.228. The van der Waals surface area contributed by atoms with E-state index in [1.54, 1.807) is 36.4 Å². The highest BCUT2D eigenvalue weighted by Crippen LogP contribution is 2.31. The van der Waals surface area contributed by atoms with Crippen LogP contribution in [0.15, 0.2) is 48.5 Å². The van der Waals surface area contributed by atoms with Gasteiger partial charge in [-0.2, -0.15) is 0 Å². The number of halogens is 2. The number of amides is 3. The first-order valence-electron chi connectivity index (χ1n) is 8.20. The zero-order chi connectivity index (χ0) is 20.3. The van der Waals surface area contributed by atoms with Crippen molar-refractivity contribution in [2.75, 3.05) is 11.9 Å². The lowest BCUT2D eigenvalue weighted by Gasteiger charge is -2.13. The van der Waals surface area contributed by atoms with Crippen molar-refractivity contribution in [1.82, 2.24) is 4.90 Å². The third kappa shape index (κ3) is 4.73. The van der Waals surface area contributed by atoms with Gasteiger partial charge in [-0.05, 0) is 18.2 Å². The summed E-state index contributed by atoms with van der Waals surface area (Å²) < 4.78 is 0. The minimum Gasteiger partial charge on any atom is -0.325 e. The molecule has 0 saturated carbocycles. The molecule has 28 heavy (non-hydrogen) atoms. The Labute approximate surface area is 175 Å². The van der Waals surface area contributed by atoms with Gasteiger partial charge in [0, 0.05) is 17.0 Å². The van der Waals surface area contributed by atoms with E-state index >= 15 is 0 Å². The Morgan fingerprint density at radius 3 is 2.50 bits per heavy atom. The number of nitrogens with one attached hydrogen (secondary N) is 1. The Morgan fingerprint density at radius 2 is 1.79 bits per heavy atom. The summed E-state index contributed by atoms with van der Waals surface area (Å²) in [4.78, 5) is 50.1. The molecule has 0 bridgehead atoms. The van der Waals surface area contributed by atoms with Gasteiger partial charge in [0.1, 0.15) is 5.25 Å². The van der Waals surface area contributed by atoms with Crippen molar-refractivity contribution in [1.29, 1.82) is 0 Å². The second-order valence-electron chi connectivity index (χ2n) is 5.96. The third-order valence-corrected chi connectivity index (χ3v) is 5.62. The molecule has 3 rings (SSSR count). The van der Waals surface area contributed by atoms with E-state index in [1.807, 2.05) is 0 Å². The number of carbonyl (C=O) groups is 4. The number of carbonyl (C=O) groups excluding carboxylic acids is 4. The van der Waals surface area contributed by atoms with Crippen molar-refractivity contribution in [2.45, 2.75) is 11.7 Å². The van der Waals surface area contributed by atoms with Crippen LogP contribution in [-0.2, 0) is 9.59 Å². The van der Waals surface area contributed by atoms with E-state index in [9.17, 15) is 19.2 Å². The van der Waals surface area contributed by atoms with Crippen LogP contribution in [0.5, 0.6) is 0 Å². The molecule has 0 aromatic heterocycles. The Kier molecular flexibility index (Phi) is 6.39.